The lowest BCUT2D eigenvalue weighted by atomic mass is 9.48. The second-order valence-electron chi connectivity index (χ2n) is 13.3. The zero-order valence-electron chi connectivity index (χ0n) is 22.5. The third kappa shape index (κ3) is 4.45. The van der Waals surface area contributed by atoms with E-state index in [1.807, 2.05) is 0 Å². The van der Waals surface area contributed by atoms with E-state index in [2.05, 4.69) is 41.5 Å². The predicted octanol–water partition coefficient (Wildman–Crippen LogP) is 7.32. The Bertz CT molecular complexity index is 769. The highest BCUT2D eigenvalue weighted by molar-refractivity contribution is 5.66. The fourth-order valence-corrected chi connectivity index (χ4v) is 8.93. The van der Waals surface area contributed by atoms with E-state index < -0.39 is 0 Å². The molecule has 33 heavy (non-hydrogen) atoms. The number of hydrogen-bond donors (Lipinski definition) is 1. The van der Waals surface area contributed by atoms with Crippen molar-refractivity contribution < 1.29 is 14.6 Å². The lowest BCUT2D eigenvalue weighted by molar-refractivity contribution is -0.154. The van der Waals surface area contributed by atoms with Gasteiger partial charge in [-0.15, -0.1) is 0 Å². The smallest absolute Gasteiger partial charge is 0.302 e. The first-order valence-electron chi connectivity index (χ1n) is 14.0. The van der Waals surface area contributed by atoms with Crippen LogP contribution in [-0.4, -0.2) is 23.3 Å². The molecule has 0 spiro atoms. The van der Waals surface area contributed by atoms with Crippen LogP contribution < -0.4 is 0 Å². The number of aliphatic hydroxyl groups is 1. The van der Waals surface area contributed by atoms with Gasteiger partial charge in [-0.3, -0.25) is 4.79 Å². The highest BCUT2D eigenvalue weighted by atomic mass is 16.5. The van der Waals surface area contributed by atoms with Crippen LogP contribution in [0.2, 0.25) is 0 Å². The van der Waals surface area contributed by atoms with Crippen molar-refractivity contribution in [3.8, 4) is 0 Å². The fourth-order valence-electron chi connectivity index (χ4n) is 8.93. The van der Waals surface area contributed by atoms with Crippen LogP contribution in [0.5, 0.6) is 0 Å². The average Bonchev–Trinajstić information content (AvgIpc) is 3.07. The molecule has 0 aromatic rings. The molecule has 1 N–H and O–H groups in total. The predicted molar refractivity (Wildman–Crippen MR) is 135 cm³/mol. The second-order valence-corrected chi connectivity index (χ2v) is 13.3. The lowest BCUT2D eigenvalue weighted by Crippen LogP contribution is -2.53. The van der Waals surface area contributed by atoms with Crippen molar-refractivity contribution in [2.45, 2.75) is 125 Å². The van der Waals surface area contributed by atoms with Crippen LogP contribution in [0.3, 0.4) is 0 Å². The molecule has 0 saturated heterocycles. The zero-order chi connectivity index (χ0) is 24.1. The van der Waals surface area contributed by atoms with E-state index in [1.165, 1.54) is 39.0 Å². The molecule has 0 amide bonds. The summed E-state index contributed by atoms with van der Waals surface area (Å²) in [5.74, 6) is 3.70. The number of carbonyl (C=O) groups is 1. The number of carbonyl (C=O) groups excluding carboxylic acids is 1. The zero-order valence-corrected chi connectivity index (χ0v) is 22.5. The number of fused-ring (bicyclic) bond motifs is 4. The molecule has 0 aromatic carbocycles. The van der Waals surface area contributed by atoms with Crippen molar-refractivity contribution in [3.05, 3.63) is 11.1 Å². The lowest BCUT2D eigenvalue weighted by Gasteiger charge is -2.58. The minimum absolute atomic E-state index is 0.0747. The first-order chi connectivity index (χ1) is 15.5. The van der Waals surface area contributed by atoms with Gasteiger partial charge in [-0.25, -0.2) is 0 Å². The van der Waals surface area contributed by atoms with Gasteiger partial charge in [-0.2, -0.15) is 0 Å². The Hall–Kier alpha value is -0.830. The van der Waals surface area contributed by atoms with Crippen LogP contribution >= 0.6 is 0 Å². The van der Waals surface area contributed by atoms with Crippen LogP contribution in [0.1, 0.15) is 113 Å². The summed E-state index contributed by atoms with van der Waals surface area (Å²) in [5, 5.41) is 11.7. The van der Waals surface area contributed by atoms with Crippen LogP contribution in [0.25, 0.3) is 0 Å². The van der Waals surface area contributed by atoms with Gasteiger partial charge in [0.1, 0.15) is 6.10 Å². The Balaban J connectivity index is 1.54. The third-order valence-electron chi connectivity index (χ3n) is 11.2. The molecule has 0 heterocycles. The molecule has 3 heteroatoms. The van der Waals surface area contributed by atoms with E-state index in [4.69, 9.17) is 4.74 Å². The summed E-state index contributed by atoms with van der Waals surface area (Å²) in [6.07, 6.45) is 11.3. The van der Waals surface area contributed by atoms with E-state index in [9.17, 15) is 9.90 Å². The molecule has 0 bridgehead atoms. The number of rotatable bonds is 6. The van der Waals surface area contributed by atoms with Gasteiger partial charge in [-0.05, 0) is 91.8 Å². The molecule has 4 rings (SSSR count). The first-order valence-corrected chi connectivity index (χ1v) is 14.0. The molecule has 9 atom stereocenters. The molecule has 4 aliphatic rings. The summed E-state index contributed by atoms with van der Waals surface area (Å²) in [7, 11) is 0. The van der Waals surface area contributed by atoms with Crippen molar-refractivity contribution in [2.24, 2.45) is 46.3 Å². The van der Waals surface area contributed by atoms with Gasteiger partial charge in [0.25, 0.3) is 0 Å². The van der Waals surface area contributed by atoms with Gasteiger partial charge in [0.15, 0.2) is 0 Å². The minimum atomic E-state index is -0.228. The number of ether oxygens (including phenoxy) is 1. The Morgan fingerprint density at radius 1 is 1.09 bits per heavy atom. The second kappa shape index (κ2) is 9.32. The van der Waals surface area contributed by atoms with Crippen LogP contribution in [0.15, 0.2) is 11.1 Å². The molecular formula is C30H50O3. The van der Waals surface area contributed by atoms with Crippen molar-refractivity contribution >= 4 is 5.97 Å². The normalized spacial score (nSPS) is 42.4. The Morgan fingerprint density at radius 2 is 1.82 bits per heavy atom. The van der Waals surface area contributed by atoms with Gasteiger partial charge in [0.05, 0.1) is 6.10 Å². The maximum atomic E-state index is 11.7. The highest BCUT2D eigenvalue weighted by Crippen LogP contribution is 2.66. The summed E-state index contributed by atoms with van der Waals surface area (Å²) in [5.41, 5.74) is 3.72. The first kappa shape index (κ1) is 25.3. The molecule has 3 nitrogen and oxygen atoms in total. The molecule has 0 unspecified atom stereocenters. The summed E-state index contributed by atoms with van der Waals surface area (Å²) in [6, 6.07) is 0. The van der Waals surface area contributed by atoms with Crippen molar-refractivity contribution in [1.82, 2.24) is 0 Å². The number of allylic oxidation sites excluding steroid dienone is 1. The van der Waals surface area contributed by atoms with E-state index in [0.717, 1.165) is 49.9 Å². The van der Waals surface area contributed by atoms with Gasteiger partial charge in [-0.1, -0.05) is 65.5 Å². The Morgan fingerprint density at radius 3 is 2.48 bits per heavy atom. The Labute approximate surface area is 203 Å². The molecule has 0 aliphatic heterocycles. The molecule has 3 fully saturated rings. The molecule has 188 valence electrons. The van der Waals surface area contributed by atoms with Crippen molar-refractivity contribution in [1.29, 1.82) is 0 Å². The maximum absolute atomic E-state index is 11.7. The van der Waals surface area contributed by atoms with Crippen molar-refractivity contribution in [2.75, 3.05) is 0 Å². The minimum Gasteiger partial charge on any atom is -0.463 e. The monoisotopic (exact) mass is 458 g/mol. The van der Waals surface area contributed by atoms with E-state index >= 15 is 0 Å². The molecule has 0 radical (unpaired) electrons. The topological polar surface area (TPSA) is 46.5 Å². The van der Waals surface area contributed by atoms with Crippen LogP contribution in [-0.2, 0) is 9.53 Å². The van der Waals surface area contributed by atoms with Crippen LogP contribution in [0.4, 0.5) is 0 Å². The number of esters is 1. The quantitative estimate of drug-likeness (QED) is 0.335. The summed E-state index contributed by atoms with van der Waals surface area (Å²) >= 11 is 0. The van der Waals surface area contributed by atoms with Gasteiger partial charge >= 0.3 is 5.97 Å². The molecular weight excluding hydrogens is 408 g/mol. The Kier molecular flexibility index (Phi) is 7.14. The SMILES string of the molecule is CC(=O)O[C@@H]1CC[C@@]2(C)[C@@H](CCC3=C4CC[C@H]([C@H](C)CC[C@H](C)C(C)C)[C@@]4(C)C[C@H](O)[C@@H]32)C1. The van der Waals surface area contributed by atoms with Crippen LogP contribution in [0, 0.1) is 46.3 Å². The molecule has 3 saturated carbocycles. The van der Waals surface area contributed by atoms with Gasteiger partial charge < -0.3 is 9.84 Å². The summed E-state index contributed by atoms with van der Waals surface area (Å²) < 4.78 is 5.61. The third-order valence-corrected chi connectivity index (χ3v) is 11.2. The molecule has 4 aliphatic carbocycles. The van der Waals surface area contributed by atoms with Gasteiger partial charge in [0.2, 0.25) is 0 Å². The summed E-state index contributed by atoms with van der Waals surface area (Å²) in [6.45, 7) is 16.1. The van der Waals surface area contributed by atoms with E-state index in [-0.39, 0.29) is 29.0 Å². The van der Waals surface area contributed by atoms with Crippen molar-refractivity contribution in [3.63, 3.8) is 0 Å². The van der Waals surface area contributed by atoms with E-state index in [0.29, 0.717) is 17.8 Å². The highest BCUT2D eigenvalue weighted by Gasteiger charge is 2.58. The summed E-state index contributed by atoms with van der Waals surface area (Å²) in [4.78, 5) is 11.5. The average molecular weight is 459 g/mol. The van der Waals surface area contributed by atoms with E-state index in [1.54, 1.807) is 11.1 Å². The van der Waals surface area contributed by atoms with Gasteiger partial charge in [0, 0.05) is 12.8 Å². The number of hydrogen-bond acceptors (Lipinski definition) is 3. The number of aliphatic hydroxyl groups excluding tert-OH is 1. The maximum Gasteiger partial charge on any atom is 0.302 e. The standard InChI is InChI=1S/C30H50O3/c1-18(2)19(3)8-9-20(4)25-12-13-26-24-11-10-22-16-23(33-21(5)31)14-15-29(22,6)28(24)27(32)17-30(25,26)7/h18-20,22-23,25,27-28,32H,8-17H2,1-7H3/t19-,20+,22-,23+,25+,27-,28+,29-,30+/m0/s1. The molecule has 0 aromatic heterocycles. The largest absolute Gasteiger partial charge is 0.463 e. The fraction of sp³-hybridized carbons (Fsp3) is 0.900.